The topological polar surface area (TPSA) is 26.3 Å². The van der Waals surface area contributed by atoms with E-state index in [0.717, 1.165) is 18.4 Å². The van der Waals surface area contributed by atoms with Gasteiger partial charge in [0.1, 0.15) is 6.10 Å². The van der Waals surface area contributed by atoms with E-state index in [1.54, 1.807) is 0 Å². The molecule has 3 rings (SSSR count). The third-order valence-corrected chi connectivity index (χ3v) is 7.74. The highest BCUT2D eigenvalue weighted by molar-refractivity contribution is 9.25. The Labute approximate surface area is 155 Å². The van der Waals surface area contributed by atoms with Gasteiger partial charge in [-0.2, -0.15) is 0 Å². The largest absolute Gasteiger partial charge is 0.460 e. The third-order valence-electron chi connectivity index (χ3n) is 6.53. The summed E-state index contributed by atoms with van der Waals surface area (Å²) in [6.45, 7) is 6.95. The molecule has 0 radical (unpaired) electrons. The van der Waals surface area contributed by atoms with Crippen molar-refractivity contribution in [2.24, 2.45) is 16.7 Å². The van der Waals surface area contributed by atoms with Crippen LogP contribution in [0.25, 0.3) is 0 Å². The Balaban J connectivity index is 1.70. The molecule has 0 N–H and O–H groups in total. The molecule has 0 amide bonds. The Morgan fingerprint density at radius 1 is 1.26 bits per heavy atom. The average molecular weight is 444 g/mol. The van der Waals surface area contributed by atoms with Gasteiger partial charge in [0.25, 0.3) is 0 Å². The van der Waals surface area contributed by atoms with Crippen LogP contribution in [0.4, 0.5) is 0 Å². The normalized spacial score (nSPS) is 32.0. The van der Waals surface area contributed by atoms with Crippen molar-refractivity contribution in [2.75, 3.05) is 0 Å². The molecule has 0 spiro atoms. The summed E-state index contributed by atoms with van der Waals surface area (Å²) in [5.74, 6) is 0.454. The Morgan fingerprint density at radius 2 is 1.91 bits per heavy atom. The second-order valence-corrected chi connectivity index (χ2v) is 11.6. The summed E-state index contributed by atoms with van der Waals surface area (Å²) in [5.41, 5.74) is 1.44. The lowest BCUT2D eigenvalue weighted by Gasteiger charge is -2.39. The Morgan fingerprint density at radius 3 is 2.43 bits per heavy atom. The Bertz CT molecular complexity index is 597. The molecule has 126 valence electrons. The predicted octanol–water partition coefficient (Wildman–Crippen LogP) is 5.47. The maximum absolute atomic E-state index is 12.7. The molecule has 0 aromatic heterocycles. The number of hydrogen-bond donors (Lipinski definition) is 0. The van der Waals surface area contributed by atoms with Gasteiger partial charge in [-0.1, -0.05) is 83.0 Å². The van der Waals surface area contributed by atoms with E-state index < -0.39 is 3.23 Å². The first-order valence-corrected chi connectivity index (χ1v) is 9.88. The summed E-state index contributed by atoms with van der Waals surface area (Å²) in [4.78, 5) is 12.7. The van der Waals surface area contributed by atoms with Crippen LogP contribution in [0.1, 0.15) is 45.6 Å². The van der Waals surface area contributed by atoms with Crippen LogP contribution in [-0.2, 0) is 16.0 Å². The summed E-state index contributed by atoms with van der Waals surface area (Å²) in [6, 6.07) is 9.98. The zero-order chi connectivity index (χ0) is 16.9. The third kappa shape index (κ3) is 2.90. The molecule has 0 heterocycles. The van der Waals surface area contributed by atoms with Gasteiger partial charge in [0.05, 0.1) is 0 Å². The van der Waals surface area contributed by atoms with Gasteiger partial charge in [0.15, 0.2) is 3.23 Å². The van der Waals surface area contributed by atoms with E-state index in [1.807, 2.05) is 30.3 Å². The molecular weight excluding hydrogens is 420 g/mol. The molecule has 2 nitrogen and oxygen atoms in total. The molecule has 2 fully saturated rings. The van der Waals surface area contributed by atoms with Gasteiger partial charge in [-0.15, -0.1) is 0 Å². The quantitative estimate of drug-likeness (QED) is 0.455. The lowest BCUT2D eigenvalue weighted by atomic mass is 9.70. The number of rotatable bonds is 4. The first-order chi connectivity index (χ1) is 10.7. The summed E-state index contributed by atoms with van der Waals surface area (Å²) < 4.78 is 5.13. The van der Waals surface area contributed by atoms with Gasteiger partial charge in [-0.25, -0.2) is 4.79 Å². The molecule has 4 heteroatoms. The monoisotopic (exact) mass is 442 g/mol. The van der Waals surface area contributed by atoms with Crippen molar-refractivity contribution >= 4 is 37.8 Å². The second-order valence-electron chi connectivity index (χ2n) is 7.87. The molecule has 1 aromatic rings. The molecule has 2 saturated carbocycles. The summed E-state index contributed by atoms with van der Waals surface area (Å²) >= 11 is 7.07. The first kappa shape index (κ1) is 17.5. The number of halogens is 2. The van der Waals surface area contributed by atoms with E-state index in [0.29, 0.717) is 12.3 Å². The fourth-order valence-corrected chi connectivity index (χ4v) is 5.28. The van der Waals surface area contributed by atoms with Crippen molar-refractivity contribution in [3.63, 3.8) is 0 Å². The van der Waals surface area contributed by atoms with Crippen molar-refractivity contribution in [3.8, 4) is 0 Å². The number of fused-ring (bicyclic) bond motifs is 2. The smallest absolute Gasteiger partial charge is 0.334 e. The van der Waals surface area contributed by atoms with Crippen molar-refractivity contribution < 1.29 is 9.53 Å². The van der Waals surface area contributed by atoms with E-state index in [1.165, 1.54) is 6.42 Å². The molecule has 3 unspecified atom stereocenters. The van der Waals surface area contributed by atoms with Gasteiger partial charge < -0.3 is 4.74 Å². The Kier molecular flexibility index (Phi) is 4.46. The molecule has 2 bridgehead atoms. The molecule has 3 atom stereocenters. The number of carbonyl (C=O) groups is 1. The van der Waals surface area contributed by atoms with Gasteiger partial charge in [-0.05, 0) is 36.2 Å². The lowest BCUT2D eigenvalue weighted by molar-refractivity contribution is -0.156. The first-order valence-electron chi connectivity index (χ1n) is 8.30. The lowest BCUT2D eigenvalue weighted by Crippen LogP contribution is -2.41. The fourth-order valence-electron chi connectivity index (χ4n) is 4.45. The summed E-state index contributed by atoms with van der Waals surface area (Å²) in [7, 11) is 0. The van der Waals surface area contributed by atoms with Gasteiger partial charge >= 0.3 is 5.97 Å². The molecule has 1 aromatic carbocycles. The summed E-state index contributed by atoms with van der Waals surface area (Å²) in [5, 5.41) is 0. The van der Waals surface area contributed by atoms with Crippen molar-refractivity contribution in [2.45, 2.75) is 55.8 Å². The number of hydrogen-bond acceptors (Lipinski definition) is 2. The number of carbonyl (C=O) groups excluding carboxylic acids is 1. The molecule has 2 aliphatic rings. The number of benzene rings is 1. The average Bonchev–Trinajstić information content (AvgIpc) is 2.81. The van der Waals surface area contributed by atoms with Crippen LogP contribution in [0.2, 0.25) is 0 Å². The van der Waals surface area contributed by atoms with E-state index in [4.69, 9.17) is 4.74 Å². The minimum Gasteiger partial charge on any atom is -0.460 e. The molecule has 2 aliphatic carbocycles. The number of alkyl halides is 2. The highest BCUT2D eigenvalue weighted by Crippen LogP contribution is 2.66. The fraction of sp³-hybridized carbons (Fsp3) is 0.632. The maximum Gasteiger partial charge on any atom is 0.334 e. The second kappa shape index (κ2) is 5.87. The van der Waals surface area contributed by atoms with Crippen LogP contribution in [-0.4, -0.2) is 15.3 Å². The molecule has 23 heavy (non-hydrogen) atoms. The minimum atomic E-state index is -0.857. The van der Waals surface area contributed by atoms with Crippen molar-refractivity contribution in [1.82, 2.24) is 0 Å². The van der Waals surface area contributed by atoms with E-state index >= 15 is 0 Å². The number of esters is 1. The van der Waals surface area contributed by atoms with Gasteiger partial charge in [0.2, 0.25) is 0 Å². The van der Waals surface area contributed by atoms with Crippen LogP contribution in [0.15, 0.2) is 30.3 Å². The molecular formula is C19H24Br2O2. The van der Waals surface area contributed by atoms with Crippen molar-refractivity contribution in [1.29, 1.82) is 0 Å². The zero-order valence-electron chi connectivity index (χ0n) is 13.9. The standard InChI is InChI=1S/C19H24Br2O2/c1-17(2)14-9-10-18(17,3)15(11-14)23-16(22)19(20,21)12-13-7-5-4-6-8-13/h4-8,14-15H,9-12H2,1-3H3. The van der Waals surface area contributed by atoms with Crippen LogP contribution in [0, 0.1) is 16.7 Å². The van der Waals surface area contributed by atoms with Crippen molar-refractivity contribution in [3.05, 3.63) is 35.9 Å². The maximum atomic E-state index is 12.7. The predicted molar refractivity (Wildman–Crippen MR) is 99.8 cm³/mol. The Hall–Kier alpha value is -0.350. The minimum absolute atomic E-state index is 0.0222. The molecule has 0 saturated heterocycles. The van der Waals surface area contributed by atoms with Crippen LogP contribution in [0.5, 0.6) is 0 Å². The van der Waals surface area contributed by atoms with Crippen LogP contribution in [0.3, 0.4) is 0 Å². The highest BCUT2D eigenvalue weighted by atomic mass is 79.9. The van der Waals surface area contributed by atoms with E-state index in [-0.39, 0.29) is 22.9 Å². The molecule has 0 aliphatic heterocycles. The van der Waals surface area contributed by atoms with E-state index in [2.05, 4.69) is 52.6 Å². The van der Waals surface area contributed by atoms with Gasteiger partial charge in [-0.3, -0.25) is 0 Å². The SMILES string of the molecule is CC1(C)C2CCC1(C)C(OC(=O)C(Br)(Br)Cc1ccccc1)C2. The zero-order valence-corrected chi connectivity index (χ0v) is 17.1. The van der Waals surface area contributed by atoms with E-state index in [9.17, 15) is 4.79 Å². The summed E-state index contributed by atoms with van der Waals surface area (Å²) in [6.07, 6.45) is 3.99. The number of ether oxygens (including phenoxy) is 1. The van der Waals surface area contributed by atoms with Crippen LogP contribution >= 0.6 is 31.9 Å². The highest BCUT2D eigenvalue weighted by Gasteiger charge is 2.63. The van der Waals surface area contributed by atoms with Gasteiger partial charge in [0, 0.05) is 11.8 Å². The van der Waals surface area contributed by atoms with Crippen LogP contribution < -0.4 is 0 Å².